The quantitative estimate of drug-likeness (QED) is 0.539. The SMILES string of the molecule is CC1(C)[C@H]2C[C@H]1[C@]1(O[Si](C)(C)C)[C@@H](C2)[C@@]1(C)Cl. The Bertz CT molecular complexity index is 371. The van der Waals surface area contributed by atoms with Crippen LogP contribution in [0.4, 0.5) is 0 Å². The Hall–Kier alpha value is 0.467. The van der Waals surface area contributed by atoms with E-state index < -0.39 is 8.32 Å². The van der Waals surface area contributed by atoms with Gasteiger partial charge in [0.2, 0.25) is 0 Å². The molecule has 4 saturated carbocycles. The van der Waals surface area contributed by atoms with Gasteiger partial charge in [-0.15, -0.1) is 11.6 Å². The van der Waals surface area contributed by atoms with Crippen LogP contribution in [0.25, 0.3) is 0 Å². The van der Waals surface area contributed by atoms with Gasteiger partial charge < -0.3 is 4.43 Å². The molecule has 0 aromatic heterocycles. The molecule has 4 rings (SSSR count). The van der Waals surface area contributed by atoms with E-state index in [1.165, 1.54) is 12.8 Å². The molecule has 4 aliphatic carbocycles. The van der Waals surface area contributed by atoms with E-state index >= 15 is 0 Å². The van der Waals surface area contributed by atoms with Gasteiger partial charge in [0.25, 0.3) is 0 Å². The predicted molar refractivity (Wildman–Crippen MR) is 74.9 cm³/mol. The lowest BCUT2D eigenvalue weighted by Crippen LogP contribution is -2.59. The standard InChI is InChI=1S/C14H25ClOSi/c1-12(2)9-7-10(12)14(16-17(4,5)6)11(8-9)13(14,3)15/h9-11H,7-8H2,1-6H3/t9-,10+,11-,13+,14-/m0/s1. The molecule has 0 aromatic carbocycles. The van der Waals surface area contributed by atoms with Gasteiger partial charge in [0.15, 0.2) is 8.32 Å². The van der Waals surface area contributed by atoms with Gasteiger partial charge >= 0.3 is 0 Å². The molecule has 0 saturated heterocycles. The summed E-state index contributed by atoms with van der Waals surface area (Å²) >= 11 is 6.82. The summed E-state index contributed by atoms with van der Waals surface area (Å²) in [4.78, 5) is -0.0968. The first-order valence-electron chi connectivity index (χ1n) is 6.92. The van der Waals surface area contributed by atoms with Crippen molar-refractivity contribution in [1.82, 2.24) is 0 Å². The minimum atomic E-state index is -1.53. The maximum Gasteiger partial charge on any atom is 0.184 e. The summed E-state index contributed by atoms with van der Waals surface area (Å²) in [5.41, 5.74) is 0.458. The summed E-state index contributed by atoms with van der Waals surface area (Å²) in [5.74, 6) is 2.18. The van der Waals surface area contributed by atoms with Crippen LogP contribution in [0, 0.1) is 23.2 Å². The van der Waals surface area contributed by atoms with Crippen LogP contribution in [0.2, 0.25) is 19.6 Å². The third-order valence-corrected chi connectivity index (χ3v) is 7.35. The van der Waals surface area contributed by atoms with Crippen molar-refractivity contribution in [3.63, 3.8) is 0 Å². The van der Waals surface area contributed by atoms with Gasteiger partial charge in [0.05, 0.1) is 10.5 Å². The highest BCUT2D eigenvalue weighted by Gasteiger charge is 2.85. The first kappa shape index (κ1) is 12.5. The zero-order valence-electron chi connectivity index (χ0n) is 11.9. The zero-order chi connectivity index (χ0) is 12.9. The summed E-state index contributed by atoms with van der Waals surface area (Å²) in [6.07, 6.45) is 2.63. The maximum atomic E-state index is 6.82. The summed E-state index contributed by atoms with van der Waals surface area (Å²) in [7, 11) is -1.53. The second-order valence-electron chi connectivity index (χ2n) is 8.18. The number of hydrogen-bond acceptors (Lipinski definition) is 1. The van der Waals surface area contributed by atoms with Gasteiger partial charge in [-0.2, -0.15) is 0 Å². The molecule has 4 fully saturated rings. The van der Waals surface area contributed by atoms with Gasteiger partial charge in [-0.25, -0.2) is 0 Å². The van der Waals surface area contributed by atoms with E-state index in [-0.39, 0.29) is 10.5 Å². The molecule has 0 aromatic rings. The first-order valence-corrected chi connectivity index (χ1v) is 10.7. The summed E-state index contributed by atoms with van der Waals surface area (Å²) < 4.78 is 6.65. The Morgan fingerprint density at radius 1 is 1.06 bits per heavy atom. The van der Waals surface area contributed by atoms with E-state index in [0.29, 0.717) is 17.3 Å². The smallest absolute Gasteiger partial charge is 0.184 e. The molecule has 4 aliphatic rings. The minimum absolute atomic E-state index is 0.0112. The number of rotatable bonds is 2. The molecular weight excluding hydrogens is 248 g/mol. The van der Waals surface area contributed by atoms with Crippen LogP contribution in [0.15, 0.2) is 0 Å². The minimum Gasteiger partial charge on any atom is -0.410 e. The van der Waals surface area contributed by atoms with Crippen LogP contribution in [-0.4, -0.2) is 18.8 Å². The average molecular weight is 273 g/mol. The molecule has 0 heterocycles. The number of halogens is 1. The van der Waals surface area contributed by atoms with E-state index in [2.05, 4.69) is 40.4 Å². The van der Waals surface area contributed by atoms with E-state index in [1.54, 1.807) is 0 Å². The van der Waals surface area contributed by atoms with Crippen LogP contribution >= 0.6 is 11.6 Å². The molecule has 3 heteroatoms. The molecule has 0 N–H and O–H groups in total. The fraction of sp³-hybridized carbons (Fsp3) is 1.00. The largest absolute Gasteiger partial charge is 0.410 e. The Labute approximate surface area is 111 Å². The van der Waals surface area contributed by atoms with Crippen molar-refractivity contribution in [2.45, 2.75) is 63.7 Å². The van der Waals surface area contributed by atoms with Crippen molar-refractivity contribution in [3.05, 3.63) is 0 Å². The van der Waals surface area contributed by atoms with Gasteiger partial charge in [0.1, 0.15) is 0 Å². The molecule has 1 nitrogen and oxygen atoms in total. The third-order valence-electron chi connectivity index (χ3n) is 5.84. The lowest BCUT2D eigenvalue weighted by molar-refractivity contribution is -0.145. The van der Waals surface area contributed by atoms with Crippen LogP contribution in [0.5, 0.6) is 0 Å². The lowest BCUT2D eigenvalue weighted by Gasteiger charge is -2.60. The molecular formula is C14H25ClOSi. The third kappa shape index (κ3) is 1.30. The number of alkyl halides is 1. The van der Waals surface area contributed by atoms with Gasteiger partial charge in [-0.3, -0.25) is 0 Å². The van der Waals surface area contributed by atoms with Crippen LogP contribution in [-0.2, 0) is 4.43 Å². The molecule has 0 aliphatic heterocycles. The Balaban J connectivity index is 1.96. The van der Waals surface area contributed by atoms with Gasteiger partial charge in [0, 0.05) is 5.92 Å². The van der Waals surface area contributed by atoms with Crippen molar-refractivity contribution in [3.8, 4) is 0 Å². The molecule has 17 heavy (non-hydrogen) atoms. The topological polar surface area (TPSA) is 9.23 Å². The Morgan fingerprint density at radius 3 is 2.06 bits per heavy atom. The second-order valence-corrected chi connectivity index (χ2v) is 13.4. The van der Waals surface area contributed by atoms with Crippen molar-refractivity contribution < 1.29 is 4.43 Å². The van der Waals surface area contributed by atoms with Crippen molar-refractivity contribution in [2.24, 2.45) is 23.2 Å². The summed E-state index contributed by atoms with van der Waals surface area (Å²) in [6.45, 7) is 13.9. The van der Waals surface area contributed by atoms with Crippen LogP contribution < -0.4 is 0 Å². The van der Waals surface area contributed by atoms with Crippen molar-refractivity contribution >= 4 is 19.9 Å². The monoisotopic (exact) mass is 272 g/mol. The highest BCUT2D eigenvalue weighted by molar-refractivity contribution is 6.70. The molecule has 0 unspecified atom stereocenters. The molecule has 0 radical (unpaired) electrons. The fourth-order valence-corrected chi connectivity index (χ4v) is 6.90. The summed E-state index contributed by atoms with van der Waals surface area (Å²) in [5, 5.41) is 0. The van der Waals surface area contributed by atoms with Crippen molar-refractivity contribution in [1.29, 1.82) is 0 Å². The van der Waals surface area contributed by atoms with E-state index in [4.69, 9.17) is 16.0 Å². The lowest BCUT2D eigenvalue weighted by atomic mass is 9.47. The second kappa shape index (κ2) is 2.96. The normalized spacial score (nSPS) is 54.9. The van der Waals surface area contributed by atoms with E-state index in [1.807, 2.05) is 0 Å². The van der Waals surface area contributed by atoms with Crippen LogP contribution in [0.1, 0.15) is 33.6 Å². The highest BCUT2D eigenvalue weighted by Crippen LogP contribution is 2.80. The zero-order valence-corrected chi connectivity index (χ0v) is 13.7. The predicted octanol–water partition coefficient (Wildman–Crippen LogP) is 4.27. The van der Waals surface area contributed by atoms with Gasteiger partial charge in [-0.1, -0.05) is 13.8 Å². The van der Waals surface area contributed by atoms with E-state index in [0.717, 1.165) is 5.92 Å². The molecule has 2 bridgehead atoms. The molecule has 98 valence electrons. The first-order chi connectivity index (χ1) is 7.53. The fourth-order valence-electron chi connectivity index (χ4n) is 4.82. The van der Waals surface area contributed by atoms with E-state index in [9.17, 15) is 0 Å². The number of hydrogen-bond donors (Lipinski definition) is 0. The average Bonchev–Trinajstić information content (AvgIpc) is 2.59. The maximum absolute atomic E-state index is 6.82. The van der Waals surface area contributed by atoms with Gasteiger partial charge in [-0.05, 0) is 56.7 Å². The Kier molecular flexibility index (Phi) is 2.18. The summed E-state index contributed by atoms with van der Waals surface area (Å²) in [6, 6.07) is 0. The molecule has 5 atom stereocenters. The molecule has 0 spiro atoms. The van der Waals surface area contributed by atoms with Crippen molar-refractivity contribution in [2.75, 3.05) is 0 Å². The molecule has 0 amide bonds. The Morgan fingerprint density at radius 2 is 1.59 bits per heavy atom. The van der Waals surface area contributed by atoms with Crippen LogP contribution in [0.3, 0.4) is 0 Å². The highest BCUT2D eigenvalue weighted by atomic mass is 35.5.